The van der Waals surface area contributed by atoms with Crippen LogP contribution in [0.3, 0.4) is 0 Å². The third-order valence-electron chi connectivity index (χ3n) is 4.32. The number of carbonyl (C=O) groups is 1. The highest BCUT2D eigenvalue weighted by atomic mass is 16.5. The fourth-order valence-corrected chi connectivity index (χ4v) is 3.01. The fraction of sp³-hybridized carbons (Fsp3) is 0.250. The number of phenolic OH excluding ortho intramolecular Hbond substituents is 4. The number of benzene rings is 2. The summed E-state index contributed by atoms with van der Waals surface area (Å²) in [6, 6.07) is 5.18. The van der Waals surface area contributed by atoms with Gasteiger partial charge < -0.3 is 25.2 Å². The van der Waals surface area contributed by atoms with Crippen LogP contribution in [-0.4, -0.2) is 26.2 Å². The molecular weight excluding hydrogens is 336 g/mol. The Bertz CT molecular complexity index is 909. The van der Waals surface area contributed by atoms with E-state index >= 15 is 0 Å². The van der Waals surface area contributed by atoms with Crippen LogP contribution in [0.4, 0.5) is 0 Å². The van der Waals surface area contributed by atoms with Crippen LogP contribution in [-0.2, 0) is 6.42 Å². The second-order valence-electron chi connectivity index (χ2n) is 6.56. The van der Waals surface area contributed by atoms with Crippen molar-refractivity contribution in [2.24, 2.45) is 0 Å². The van der Waals surface area contributed by atoms with Gasteiger partial charge in [-0.3, -0.25) is 4.79 Å². The van der Waals surface area contributed by atoms with Crippen molar-refractivity contribution >= 4 is 5.78 Å². The predicted octanol–water partition coefficient (Wildman–Crippen LogP) is 3.72. The van der Waals surface area contributed by atoms with Gasteiger partial charge in [0.2, 0.25) is 0 Å². The molecule has 2 aromatic carbocycles. The van der Waals surface area contributed by atoms with Crippen molar-refractivity contribution in [1.29, 1.82) is 0 Å². The van der Waals surface area contributed by atoms with Crippen LogP contribution < -0.4 is 4.74 Å². The second kappa shape index (κ2) is 6.63. The molecule has 0 spiro atoms. The third-order valence-corrected chi connectivity index (χ3v) is 4.32. The predicted molar refractivity (Wildman–Crippen MR) is 95.0 cm³/mol. The molecular formula is C20H20O6. The minimum absolute atomic E-state index is 0.0366. The zero-order valence-electron chi connectivity index (χ0n) is 14.5. The Morgan fingerprint density at radius 2 is 1.85 bits per heavy atom. The molecule has 1 atom stereocenters. The summed E-state index contributed by atoms with van der Waals surface area (Å²) in [6.45, 7) is 3.82. The summed E-state index contributed by atoms with van der Waals surface area (Å²) in [6.07, 6.45) is 1.34. The van der Waals surface area contributed by atoms with Crippen LogP contribution >= 0.6 is 0 Å². The molecule has 1 heterocycles. The van der Waals surface area contributed by atoms with Crippen LogP contribution in [0, 0.1) is 0 Å². The minimum atomic E-state index is -0.790. The standard InChI is InChI=1S/C20H20O6/c1-10(2)3-5-13-15(23)8-16(24)19-17(25)9-18(26-20(13)19)12-6-4-11(21)7-14(12)22/h3-4,6-8,18,21-24H,5,9H2,1-2H3/t18-/m1/s1. The lowest BCUT2D eigenvalue weighted by Crippen LogP contribution is -2.21. The molecule has 6 heteroatoms. The number of aromatic hydroxyl groups is 4. The molecule has 136 valence electrons. The molecule has 0 radical (unpaired) electrons. The van der Waals surface area contributed by atoms with Crippen LogP contribution in [0.1, 0.15) is 47.9 Å². The van der Waals surface area contributed by atoms with E-state index in [0.717, 1.165) is 11.6 Å². The number of fused-ring (bicyclic) bond motifs is 1. The third kappa shape index (κ3) is 3.18. The normalized spacial score (nSPS) is 15.9. The van der Waals surface area contributed by atoms with Gasteiger partial charge in [-0.15, -0.1) is 0 Å². The molecule has 4 N–H and O–H groups in total. The Morgan fingerprint density at radius 1 is 1.12 bits per heavy atom. The van der Waals surface area contributed by atoms with Gasteiger partial charge in [0.15, 0.2) is 5.78 Å². The van der Waals surface area contributed by atoms with Gasteiger partial charge in [0.05, 0.1) is 6.42 Å². The monoisotopic (exact) mass is 356 g/mol. The van der Waals surface area contributed by atoms with Crippen molar-refractivity contribution in [3.8, 4) is 28.7 Å². The number of ether oxygens (including phenoxy) is 1. The van der Waals surface area contributed by atoms with E-state index in [0.29, 0.717) is 17.5 Å². The molecule has 0 unspecified atom stereocenters. The average Bonchev–Trinajstić information content (AvgIpc) is 2.53. The highest BCUT2D eigenvalue weighted by molar-refractivity contribution is 6.03. The van der Waals surface area contributed by atoms with Gasteiger partial charge in [0, 0.05) is 23.3 Å². The maximum Gasteiger partial charge on any atom is 0.174 e. The van der Waals surface area contributed by atoms with E-state index in [4.69, 9.17) is 4.74 Å². The molecule has 6 nitrogen and oxygen atoms in total. The highest BCUT2D eigenvalue weighted by Gasteiger charge is 2.34. The Hall–Kier alpha value is -3.15. The number of rotatable bonds is 3. The smallest absolute Gasteiger partial charge is 0.174 e. The highest BCUT2D eigenvalue weighted by Crippen LogP contribution is 2.46. The first-order valence-corrected chi connectivity index (χ1v) is 8.20. The Balaban J connectivity index is 2.10. The summed E-state index contributed by atoms with van der Waals surface area (Å²) in [4.78, 5) is 12.6. The number of Topliss-reactive ketones (excluding diaryl/α,β-unsaturated/α-hetero) is 1. The van der Waals surface area contributed by atoms with Crippen LogP contribution in [0.5, 0.6) is 28.7 Å². The SMILES string of the molecule is CC(C)=CCc1c(O)cc(O)c2c1O[C@@H](c1ccc(O)cc1O)CC2=O. The summed E-state index contributed by atoms with van der Waals surface area (Å²) in [7, 11) is 0. The minimum Gasteiger partial charge on any atom is -0.508 e. The molecule has 0 bridgehead atoms. The van der Waals surface area contributed by atoms with Gasteiger partial charge in [0.1, 0.15) is 40.4 Å². The number of hydrogen-bond donors (Lipinski definition) is 4. The summed E-state index contributed by atoms with van der Waals surface area (Å²) in [5.41, 5.74) is 1.81. The van der Waals surface area contributed by atoms with Crippen molar-refractivity contribution in [1.82, 2.24) is 0 Å². The van der Waals surface area contributed by atoms with E-state index in [1.807, 2.05) is 19.9 Å². The van der Waals surface area contributed by atoms with E-state index in [1.165, 1.54) is 18.2 Å². The van der Waals surface area contributed by atoms with Crippen molar-refractivity contribution in [3.05, 3.63) is 52.6 Å². The lowest BCUT2D eigenvalue weighted by molar-refractivity contribution is 0.0839. The molecule has 2 aromatic rings. The number of allylic oxidation sites excluding steroid dienone is 2. The van der Waals surface area contributed by atoms with Gasteiger partial charge in [0.25, 0.3) is 0 Å². The fourth-order valence-electron chi connectivity index (χ4n) is 3.01. The van der Waals surface area contributed by atoms with Crippen LogP contribution in [0.15, 0.2) is 35.9 Å². The number of hydrogen-bond acceptors (Lipinski definition) is 6. The molecule has 3 rings (SSSR count). The zero-order valence-corrected chi connectivity index (χ0v) is 14.5. The Kier molecular flexibility index (Phi) is 4.50. The van der Waals surface area contributed by atoms with Crippen LogP contribution in [0.2, 0.25) is 0 Å². The average molecular weight is 356 g/mol. The molecule has 26 heavy (non-hydrogen) atoms. The largest absolute Gasteiger partial charge is 0.508 e. The molecule has 0 amide bonds. The molecule has 0 fully saturated rings. The molecule has 1 aliphatic rings. The van der Waals surface area contributed by atoms with Gasteiger partial charge in [-0.25, -0.2) is 0 Å². The topological polar surface area (TPSA) is 107 Å². The summed E-state index contributed by atoms with van der Waals surface area (Å²) in [5.74, 6) is -1.03. The maximum atomic E-state index is 12.6. The van der Waals surface area contributed by atoms with E-state index in [2.05, 4.69) is 0 Å². The number of carbonyl (C=O) groups excluding carboxylic acids is 1. The number of ketones is 1. The van der Waals surface area contributed by atoms with Gasteiger partial charge >= 0.3 is 0 Å². The van der Waals surface area contributed by atoms with Crippen LogP contribution in [0.25, 0.3) is 0 Å². The van der Waals surface area contributed by atoms with Gasteiger partial charge in [-0.1, -0.05) is 11.6 Å². The van der Waals surface area contributed by atoms with Crippen molar-refractivity contribution in [2.75, 3.05) is 0 Å². The summed E-state index contributed by atoms with van der Waals surface area (Å²) in [5, 5.41) is 39.8. The van der Waals surface area contributed by atoms with Crippen molar-refractivity contribution < 1.29 is 30.0 Å². The zero-order chi connectivity index (χ0) is 19.0. The maximum absolute atomic E-state index is 12.6. The van der Waals surface area contributed by atoms with E-state index in [1.54, 1.807) is 0 Å². The second-order valence-corrected chi connectivity index (χ2v) is 6.56. The molecule has 0 saturated heterocycles. The van der Waals surface area contributed by atoms with Crippen molar-refractivity contribution in [3.63, 3.8) is 0 Å². The van der Waals surface area contributed by atoms with Gasteiger partial charge in [-0.2, -0.15) is 0 Å². The van der Waals surface area contributed by atoms with E-state index < -0.39 is 6.10 Å². The molecule has 0 aliphatic carbocycles. The molecule has 0 aromatic heterocycles. The van der Waals surface area contributed by atoms with Crippen molar-refractivity contribution in [2.45, 2.75) is 32.8 Å². The first kappa shape index (κ1) is 17.7. The van der Waals surface area contributed by atoms with Gasteiger partial charge in [-0.05, 0) is 32.4 Å². The summed E-state index contributed by atoms with van der Waals surface area (Å²) < 4.78 is 5.92. The first-order valence-electron chi connectivity index (χ1n) is 8.20. The number of phenols is 4. The Labute approximate surface area is 150 Å². The molecule has 1 aliphatic heterocycles. The van der Waals surface area contributed by atoms with E-state index in [9.17, 15) is 25.2 Å². The lowest BCUT2D eigenvalue weighted by atomic mass is 9.92. The lowest BCUT2D eigenvalue weighted by Gasteiger charge is -2.28. The quantitative estimate of drug-likeness (QED) is 0.624. The van der Waals surface area contributed by atoms with E-state index in [-0.39, 0.29) is 46.5 Å². The first-order chi connectivity index (χ1) is 12.3. The summed E-state index contributed by atoms with van der Waals surface area (Å²) >= 11 is 0. The molecule has 0 saturated carbocycles. The Morgan fingerprint density at radius 3 is 2.50 bits per heavy atom.